The number of aliphatic imine (C=N–C) groups is 1. The zero-order valence-corrected chi connectivity index (χ0v) is 17.9. The molecule has 0 radical (unpaired) electrons. The summed E-state index contributed by atoms with van der Waals surface area (Å²) in [5.41, 5.74) is 1.12. The Morgan fingerprint density at radius 1 is 1.35 bits per heavy atom. The first-order valence-electron chi connectivity index (χ1n) is 9.18. The number of benzene rings is 1. The summed E-state index contributed by atoms with van der Waals surface area (Å²) < 4.78 is 27.9. The molecule has 0 saturated heterocycles. The van der Waals surface area contributed by atoms with Crippen LogP contribution in [0.15, 0.2) is 33.7 Å². The molecule has 1 aliphatic carbocycles. The van der Waals surface area contributed by atoms with Gasteiger partial charge in [0, 0.05) is 17.6 Å². The van der Waals surface area contributed by atoms with Gasteiger partial charge in [0.25, 0.3) is 0 Å². The quantitative estimate of drug-likeness (QED) is 0.403. The molecule has 1 saturated carbocycles. The van der Waals surface area contributed by atoms with Crippen LogP contribution < -0.4 is 15.4 Å². The molecule has 1 aromatic rings. The summed E-state index contributed by atoms with van der Waals surface area (Å²) in [6, 6.07) is 8.04. The Labute approximate surface area is 165 Å². The highest BCUT2D eigenvalue weighted by Crippen LogP contribution is 2.25. The lowest BCUT2D eigenvalue weighted by molar-refractivity contribution is 0.316. The van der Waals surface area contributed by atoms with Crippen molar-refractivity contribution in [2.45, 2.75) is 39.2 Å². The van der Waals surface area contributed by atoms with Crippen LogP contribution in [0.25, 0.3) is 0 Å². The highest BCUT2D eigenvalue weighted by Gasteiger charge is 2.20. The fraction of sp³-hybridized carbons (Fsp3) is 0.611. The Hall–Kier alpha value is -1.12. The number of rotatable bonds is 9. The topological polar surface area (TPSA) is 82.6 Å². The predicted octanol–water partition coefficient (Wildman–Crippen LogP) is 2.78. The molecule has 0 aliphatic heterocycles. The van der Waals surface area contributed by atoms with Gasteiger partial charge in [0.2, 0.25) is 10.0 Å². The molecule has 26 heavy (non-hydrogen) atoms. The molecular formula is C18H29BrN4O2S. The summed E-state index contributed by atoms with van der Waals surface area (Å²) >= 11 is 3.56. The van der Waals surface area contributed by atoms with Crippen LogP contribution in [0.3, 0.4) is 0 Å². The number of hydrogen-bond acceptors (Lipinski definition) is 3. The molecule has 1 atom stereocenters. The first-order chi connectivity index (χ1) is 12.4. The van der Waals surface area contributed by atoms with Crippen molar-refractivity contribution in [3.8, 4) is 0 Å². The Bertz CT molecular complexity index is 705. The van der Waals surface area contributed by atoms with Gasteiger partial charge in [-0.3, -0.25) is 4.99 Å². The van der Waals surface area contributed by atoms with Crippen molar-refractivity contribution < 1.29 is 8.42 Å². The number of nitrogens with zero attached hydrogens (tertiary/aromatic N) is 1. The lowest BCUT2D eigenvalue weighted by atomic mass is 9.86. The minimum Gasteiger partial charge on any atom is -0.357 e. The molecule has 1 aliphatic rings. The summed E-state index contributed by atoms with van der Waals surface area (Å²) in [6.45, 7) is 5.52. The standard InChI is InChI=1S/C18H29BrN4O2S/c1-3-20-18(23-14(2)16-9-4-5-10-17(16)19)21-11-12-26(24,25)22-13-15-7-6-8-15/h4-5,9-10,14-15,22H,3,6-8,11-13H2,1-2H3,(H2,20,21,23). The van der Waals surface area contributed by atoms with E-state index in [0.29, 0.717) is 25.0 Å². The minimum atomic E-state index is -3.27. The summed E-state index contributed by atoms with van der Waals surface area (Å²) in [6.07, 6.45) is 3.47. The smallest absolute Gasteiger partial charge is 0.213 e. The second-order valence-corrected chi connectivity index (χ2v) is 9.39. The molecule has 3 N–H and O–H groups in total. The molecule has 8 heteroatoms. The maximum atomic E-state index is 12.1. The summed E-state index contributed by atoms with van der Waals surface area (Å²) in [5, 5.41) is 6.49. The predicted molar refractivity (Wildman–Crippen MR) is 111 cm³/mol. The van der Waals surface area contributed by atoms with Gasteiger partial charge < -0.3 is 10.6 Å². The lowest BCUT2D eigenvalue weighted by Gasteiger charge is -2.25. The normalized spacial score (nSPS) is 16.8. The molecular weight excluding hydrogens is 416 g/mol. The van der Waals surface area contributed by atoms with Crippen LogP contribution in [-0.4, -0.2) is 39.8 Å². The summed E-state index contributed by atoms with van der Waals surface area (Å²) in [7, 11) is -3.27. The first kappa shape index (κ1) is 21.2. The third-order valence-corrected chi connectivity index (χ3v) is 6.56. The molecule has 1 fully saturated rings. The Kier molecular flexibility index (Phi) is 8.37. The van der Waals surface area contributed by atoms with Gasteiger partial charge in [-0.15, -0.1) is 0 Å². The van der Waals surface area contributed by atoms with Gasteiger partial charge >= 0.3 is 0 Å². The van der Waals surface area contributed by atoms with Gasteiger partial charge in [-0.25, -0.2) is 13.1 Å². The Morgan fingerprint density at radius 3 is 2.69 bits per heavy atom. The number of sulfonamides is 1. The first-order valence-corrected chi connectivity index (χ1v) is 11.6. The van der Waals surface area contributed by atoms with Crippen molar-refractivity contribution in [1.82, 2.24) is 15.4 Å². The van der Waals surface area contributed by atoms with Crippen molar-refractivity contribution in [3.63, 3.8) is 0 Å². The molecule has 6 nitrogen and oxygen atoms in total. The number of guanidine groups is 1. The summed E-state index contributed by atoms with van der Waals surface area (Å²) in [4.78, 5) is 4.42. The van der Waals surface area contributed by atoms with E-state index in [1.54, 1.807) is 0 Å². The van der Waals surface area contributed by atoms with Gasteiger partial charge in [-0.1, -0.05) is 40.5 Å². The van der Waals surface area contributed by atoms with E-state index in [1.807, 2.05) is 38.1 Å². The molecule has 0 bridgehead atoms. The minimum absolute atomic E-state index is 0.000291. The average molecular weight is 445 g/mol. The van der Waals surface area contributed by atoms with E-state index < -0.39 is 10.0 Å². The molecule has 1 unspecified atom stereocenters. The number of hydrogen-bond donors (Lipinski definition) is 3. The largest absolute Gasteiger partial charge is 0.357 e. The van der Waals surface area contributed by atoms with Crippen LogP contribution in [0.4, 0.5) is 0 Å². The molecule has 0 amide bonds. The Balaban J connectivity index is 1.88. The van der Waals surface area contributed by atoms with Crippen molar-refractivity contribution in [1.29, 1.82) is 0 Å². The van der Waals surface area contributed by atoms with Gasteiger partial charge in [0.05, 0.1) is 18.3 Å². The van der Waals surface area contributed by atoms with Crippen LogP contribution >= 0.6 is 15.9 Å². The highest BCUT2D eigenvalue weighted by molar-refractivity contribution is 9.10. The maximum Gasteiger partial charge on any atom is 0.213 e. The maximum absolute atomic E-state index is 12.1. The second-order valence-electron chi connectivity index (χ2n) is 6.61. The van der Waals surface area contributed by atoms with Gasteiger partial charge in [0.1, 0.15) is 0 Å². The zero-order valence-electron chi connectivity index (χ0n) is 15.5. The van der Waals surface area contributed by atoms with Gasteiger partial charge in [-0.05, 0) is 44.2 Å². The van der Waals surface area contributed by atoms with E-state index in [4.69, 9.17) is 0 Å². The van der Waals surface area contributed by atoms with Gasteiger partial charge in [-0.2, -0.15) is 0 Å². The van der Waals surface area contributed by atoms with Crippen molar-refractivity contribution >= 4 is 31.9 Å². The Morgan fingerprint density at radius 2 is 2.08 bits per heavy atom. The third kappa shape index (κ3) is 6.89. The van der Waals surface area contributed by atoms with E-state index in [9.17, 15) is 8.42 Å². The van der Waals surface area contributed by atoms with E-state index in [1.165, 1.54) is 6.42 Å². The monoisotopic (exact) mass is 444 g/mol. The SMILES string of the molecule is CCNC(=NCCS(=O)(=O)NCC1CCC1)NC(C)c1ccccc1Br. The van der Waals surface area contributed by atoms with Crippen molar-refractivity contribution in [2.24, 2.45) is 10.9 Å². The molecule has 0 heterocycles. The molecule has 2 rings (SSSR count). The van der Waals surface area contributed by atoms with E-state index in [-0.39, 0.29) is 18.3 Å². The van der Waals surface area contributed by atoms with Crippen molar-refractivity contribution in [3.05, 3.63) is 34.3 Å². The molecule has 146 valence electrons. The molecule has 0 spiro atoms. The van der Waals surface area contributed by atoms with Crippen LogP contribution in [0.2, 0.25) is 0 Å². The van der Waals surface area contributed by atoms with Gasteiger partial charge in [0.15, 0.2) is 5.96 Å². The number of nitrogens with one attached hydrogen (secondary N) is 3. The number of halogens is 1. The van der Waals surface area contributed by atoms with Crippen LogP contribution in [0.5, 0.6) is 0 Å². The summed E-state index contributed by atoms with van der Waals surface area (Å²) in [5.74, 6) is 1.13. The highest BCUT2D eigenvalue weighted by atomic mass is 79.9. The zero-order chi connectivity index (χ0) is 19.0. The van der Waals surface area contributed by atoms with E-state index in [2.05, 4.69) is 36.3 Å². The molecule has 1 aromatic carbocycles. The lowest BCUT2D eigenvalue weighted by Crippen LogP contribution is -2.39. The third-order valence-electron chi connectivity index (χ3n) is 4.52. The van der Waals surface area contributed by atoms with Crippen LogP contribution in [0, 0.1) is 5.92 Å². The van der Waals surface area contributed by atoms with Crippen molar-refractivity contribution in [2.75, 3.05) is 25.4 Å². The van der Waals surface area contributed by atoms with E-state index >= 15 is 0 Å². The fourth-order valence-electron chi connectivity index (χ4n) is 2.72. The van der Waals surface area contributed by atoms with E-state index in [0.717, 1.165) is 22.9 Å². The van der Waals surface area contributed by atoms with Crippen LogP contribution in [0.1, 0.15) is 44.7 Å². The second kappa shape index (κ2) is 10.3. The average Bonchev–Trinajstić information content (AvgIpc) is 2.53. The fourth-order valence-corrected chi connectivity index (χ4v) is 4.31. The molecule has 0 aromatic heterocycles. The van der Waals surface area contributed by atoms with Crippen LogP contribution in [-0.2, 0) is 10.0 Å².